The number of cyclic esters (lactones) is 1. The summed E-state index contributed by atoms with van der Waals surface area (Å²) in [6.45, 7) is 16.4. The van der Waals surface area contributed by atoms with Crippen molar-refractivity contribution in [3.05, 3.63) is 35.9 Å². The van der Waals surface area contributed by atoms with E-state index in [1.165, 1.54) is 16.7 Å². The molecule has 3 N–H and O–H groups in total. The third-order valence-corrected chi connectivity index (χ3v) is 9.08. The first-order valence-electron chi connectivity index (χ1n) is 17.3. The van der Waals surface area contributed by atoms with Crippen molar-refractivity contribution < 1.29 is 53.5 Å². The van der Waals surface area contributed by atoms with E-state index in [2.05, 4.69) is 0 Å². The molecule has 14 heteroatoms. The molecule has 3 aliphatic heterocycles. The molecule has 4 amide bonds. The van der Waals surface area contributed by atoms with Crippen LogP contribution in [-0.4, -0.2) is 115 Å². The summed E-state index contributed by atoms with van der Waals surface area (Å²) in [4.78, 5) is 65.2. The number of ether oxygens (including phenoxy) is 3. The minimum Gasteiger partial charge on any atom is -0.481 e. The van der Waals surface area contributed by atoms with Crippen LogP contribution in [0.5, 0.6) is 0 Å². The van der Waals surface area contributed by atoms with Gasteiger partial charge >= 0.3 is 24.2 Å². The second kappa shape index (κ2) is 17.5. The Morgan fingerprint density at radius 3 is 1.65 bits per heavy atom. The number of carboxylic acids is 1. The van der Waals surface area contributed by atoms with Gasteiger partial charge < -0.3 is 39.3 Å². The monoisotopic (exact) mass is 721 g/mol. The highest BCUT2D eigenvalue weighted by atomic mass is 16.6. The number of hydrogen-bond donors (Lipinski definition) is 3. The average molecular weight is 722 g/mol. The number of carboxylic acid groups (broad SMARTS) is 1. The maximum Gasteiger partial charge on any atom is 0.417 e. The Bertz CT molecular complexity index is 1360. The molecule has 3 aliphatic rings. The topological polar surface area (TPSA) is 183 Å². The molecule has 51 heavy (non-hydrogen) atoms. The number of rotatable bonds is 7. The summed E-state index contributed by atoms with van der Waals surface area (Å²) in [5, 5.41) is 30.0. The van der Waals surface area contributed by atoms with Gasteiger partial charge in [-0.05, 0) is 86.6 Å². The second-order valence-corrected chi connectivity index (χ2v) is 15.3. The molecular formula is C37H59N3O11. The standard InChI is InChI=1S/C23H32N2O6.C13H23NO5.CH4/c1-14(18(26)17-12-9-13-24(17)21(28)31-23(3,4)5)20(27)25-15(2)19(30-22(25)29)16-10-7-6-8-11-16;1-8(11(16)17)10(15)9-6-5-7-14(9)12(18)19-13(2,3)4;/h6-8,10-11,14-15,17-19,26H,9,12-13H2,1-5H3;8-10,15H,5-7H2,1-4H3,(H,16,17);1H4/t14-,15-,17+,18-,19-;8-,9+,10-;/m11./s1. The zero-order chi connectivity index (χ0) is 37.7. The Labute approximate surface area is 302 Å². The minimum atomic E-state index is -1.13. The number of likely N-dealkylation sites (tertiary alicyclic amines) is 2. The van der Waals surface area contributed by atoms with Crippen molar-refractivity contribution in [2.24, 2.45) is 11.8 Å². The van der Waals surface area contributed by atoms with Crippen LogP contribution < -0.4 is 0 Å². The first-order valence-corrected chi connectivity index (χ1v) is 17.3. The molecule has 0 bridgehead atoms. The average Bonchev–Trinajstić information content (AvgIpc) is 3.77. The van der Waals surface area contributed by atoms with Crippen LogP contribution in [0.1, 0.15) is 107 Å². The quantitative estimate of drug-likeness (QED) is 0.298. The Balaban J connectivity index is 0.000000389. The number of carbonyl (C=O) groups excluding carboxylic acids is 4. The van der Waals surface area contributed by atoms with Crippen LogP contribution in [0, 0.1) is 11.8 Å². The predicted octanol–water partition coefficient (Wildman–Crippen LogP) is 5.60. The smallest absolute Gasteiger partial charge is 0.417 e. The molecule has 3 fully saturated rings. The molecule has 14 nitrogen and oxygen atoms in total. The summed E-state index contributed by atoms with van der Waals surface area (Å²) in [6.07, 6.45) is -1.88. The Kier molecular flexibility index (Phi) is 14.9. The van der Waals surface area contributed by atoms with Crippen LogP contribution in [0.2, 0.25) is 0 Å². The number of carbonyl (C=O) groups is 5. The second-order valence-electron chi connectivity index (χ2n) is 15.3. The summed E-state index contributed by atoms with van der Waals surface area (Å²) in [5.74, 6) is -3.38. The summed E-state index contributed by atoms with van der Waals surface area (Å²) in [5.41, 5.74) is -0.454. The lowest BCUT2D eigenvalue weighted by atomic mass is 9.94. The lowest BCUT2D eigenvalue weighted by molar-refractivity contribution is -0.146. The van der Waals surface area contributed by atoms with Gasteiger partial charge in [0.15, 0.2) is 0 Å². The summed E-state index contributed by atoms with van der Waals surface area (Å²) in [6, 6.07) is 7.70. The van der Waals surface area contributed by atoms with E-state index in [9.17, 15) is 34.2 Å². The normalized spacial score (nSPS) is 24.3. The fourth-order valence-corrected chi connectivity index (χ4v) is 6.41. The van der Waals surface area contributed by atoms with Gasteiger partial charge in [0.2, 0.25) is 5.91 Å². The van der Waals surface area contributed by atoms with Crippen molar-refractivity contribution in [3.63, 3.8) is 0 Å². The predicted molar refractivity (Wildman–Crippen MR) is 189 cm³/mol. The number of imide groups is 1. The van der Waals surface area contributed by atoms with E-state index in [-0.39, 0.29) is 7.43 Å². The van der Waals surface area contributed by atoms with Crippen LogP contribution in [0.15, 0.2) is 30.3 Å². The molecule has 1 aromatic carbocycles. The highest BCUT2D eigenvalue weighted by Crippen LogP contribution is 2.35. The fourth-order valence-electron chi connectivity index (χ4n) is 6.41. The molecule has 0 radical (unpaired) electrons. The van der Waals surface area contributed by atoms with E-state index >= 15 is 0 Å². The van der Waals surface area contributed by atoms with Gasteiger partial charge in [-0.3, -0.25) is 9.59 Å². The maximum absolute atomic E-state index is 13.2. The Morgan fingerprint density at radius 1 is 0.804 bits per heavy atom. The highest BCUT2D eigenvalue weighted by molar-refractivity contribution is 5.95. The van der Waals surface area contributed by atoms with Gasteiger partial charge in [0.25, 0.3) is 0 Å². The summed E-state index contributed by atoms with van der Waals surface area (Å²) < 4.78 is 16.2. The molecule has 0 aliphatic carbocycles. The van der Waals surface area contributed by atoms with Gasteiger partial charge in [-0.25, -0.2) is 19.3 Å². The Hall–Kier alpha value is -3.91. The van der Waals surface area contributed by atoms with Gasteiger partial charge in [-0.2, -0.15) is 0 Å². The molecule has 3 saturated heterocycles. The van der Waals surface area contributed by atoms with Crippen molar-refractivity contribution in [2.75, 3.05) is 13.1 Å². The molecule has 0 saturated carbocycles. The number of aliphatic hydroxyl groups is 2. The molecule has 0 aromatic heterocycles. The first-order chi connectivity index (χ1) is 23.1. The molecular weight excluding hydrogens is 662 g/mol. The number of aliphatic hydroxyl groups excluding tert-OH is 2. The van der Waals surface area contributed by atoms with Gasteiger partial charge in [0, 0.05) is 13.1 Å². The van der Waals surface area contributed by atoms with E-state index < -0.39 is 89.6 Å². The van der Waals surface area contributed by atoms with Crippen LogP contribution in [0.3, 0.4) is 0 Å². The van der Waals surface area contributed by atoms with E-state index in [0.29, 0.717) is 32.4 Å². The van der Waals surface area contributed by atoms with Gasteiger partial charge in [-0.1, -0.05) is 44.7 Å². The third-order valence-electron chi connectivity index (χ3n) is 9.08. The number of nitrogens with zero attached hydrogens (tertiary/aromatic N) is 3. The minimum absolute atomic E-state index is 0. The lowest BCUT2D eigenvalue weighted by Crippen LogP contribution is -2.51. The number of amides is 4. The fraction of sp³-hybridized carbons (Fsp3) is 0.703. The van der Waals surface area contributed by atoms with E-state index in [1.807, 2.05) is 30.3 Å². The van der Waals surface area contributed by atoms with Crippen molar-refractivity contribution >= 4 is 30.2 Å². The highest BCUT2D eigenvalue weighted by Gasteiger charge is 2.48. The lowest BCUT2D eigenvalue weighted by Gasteiger charge is -2.34. The van der Waals surface area contributed by atoms with Crippen molar-refractivity contribution in [1.29, 1.82) is 0 Å². The first kappa shape index (κ1) is 43.3. The van der Waals surface area contributed by atoms with Crippen molar-refractivity contribution in [2.45, 2.75) is 143 Å². The van der Waals surface area contributed by atoms with Gasteiger partial charge in [-0.15, -0.1) is 0 Å². The molecule has 1 aromatic rings. The van der Waals surface area contributed by atoms with E-state index in [1.54, 1.807) is 55.4 Å². The van der Waals surface area contributed by atoms with Crippen LogP contribution >= 0.6 is 0 Å². The van der Waals surface area contributed by atoms with E-state index in [0.717, 1.165) is 16.9 Å². The van der Waals surface area contributed by atoms with Crippen molar-refractivity contribution in [1.82, 2.24) is 14.7 Å². The molecule has 4 rings (SSSR count). The molecule has 8 atom stereocenters. The molecule has 0 unspecified atom stereocenters. The van der Waals surface area contributed by atoms with E-state index in [4.69, 9.17) is 19.3 Å². The van der Waals surface area contributed by atoms with Crippen LogP contribution in [0.25, 0.3) is 0 Å². The molecule has 288 valence electrons. The van der Waals surface area contributed by atoms with Gasteiger partial charge in [0.1, 0.15) is 17.3 Å². The molecule has 0 spiro atoms. The van der Waals surface area contributed by atoms with Gasteiger partial charge in [0.05, 0.1) is 42.2 Å². The summed E-state index contributed by atoms with van der Waals surface area (Å²) >= 11 is 0. The number of aliphatic carboxylic acids is 1. The molecule has 3 heterocycles. The maximum atomic E-state index is 13.2. The zero-order valence-electron chi connectivity index (χ0n) is 30.7. The van der Waals surface area contributed by atoms with Crippen LogP contribution in [-0.2, 0) is 23.8 Å². The number of benzene rings is 1. The summed E-state index contributed by atoms with van der Waals surface area (Å²) in [7, 11) is 0. The van der Waals surface area contributed by atoms with Crippen LogP contribution in [0.4, 0.5) is 14.4 Å². The largest absolute Gasteiger partial charge is 0.481 e. The zero-order valence-corrected chi connectivity index (χ0v) is 30.7. The van der Waals surface area contributed by atoms with Crippen molar-refractivity contribution in [3.8, 4) is 0 Å². The Morgan fingerprint density at radius 2 is 1.24 bits per heavy atom. The SMILES string of the molecule is C.C[C@@H](C(=O)O)[C@@H](O)[C@@H]1CCCN1C(=O)OC(C)(C)C.C[C@@H]1[C@H](c2ccccc2)OC(=O)N1C(=O)[C@H](C)[C@@H](O)[C@@H]1CCCN1C(=O)OC(C)(C)C. The number of hydrogen-bond acceptors (Lipinski definition) is 10. The third kappa shape index (κ3) is 11.0.